The molecule has 18 heavy (non-hydrogen) atoms. The molecule has 1 aliphatic rings. The molecule has 0 saturated carbocycles. The minimum absolute atomic E-state index is 0.0514. The molecule has 0 radical (unpaired) electrons. The number of allylic oxidation sites excluding steroid dienone is 3. The number of hydrogen-bond acceptors (Lipinski definition) is 1. The number of nitrogens with zero attached hydrogens (tertiary/aromatic N) is 1. The lowest BCUT2D eigenvalue weighted by atomic mass is 10.1. The first kappa shape index (κ1) is 13.3. The molecule has 0 fully saturated rings. The van der Waals surface area contributed by atoms with Crippen molar-refractivity contribution in [3.05, 3.63) is 54.3 Å². The molecule has 0 aliphatic carbocycles. The second kappa shape index (κ2) is 5.26. The number of para-hydroxylation sites is 1. The fourth-order valence-corrected chi connectivity index (χ4v) is 2.23. The van der Waals surface area contributed by atoms with Crippen molar-refractivity contribution in [2.24, 2.45) is 0 Å². The summed E-state index contributed by atoms with van der Waals surface area (Å²) in [6.07, 6.45) is 8.65. The van der Waals surface area contributed by atoms with Gasteiger partial charge in [0.1, 0.15) is 12.8 Å². The molecule has 0 amide bonds. The summed E-state index contributed by atoms with van der Waals surface area (Å²) in [6, 6.07) is 8.09. The Balaban J connectivity index is 2.53. The van der Waals surface area contributed by atoms with Crippen LogP contribution in [0.5, 0.6) is 5.75 Å². The van der Waals surface area contributed by atoms with Crippen LogP contribution in [0.2, 0.25) is 0 Å². The third-order valence-corrected chi connectivity index (χ3v) is 3.67. The summed E-state index contributed by atoms with van der Waals surface area (Å²) in [5, 5.41) is 0. The Labute approximate surface area is 122 Å². The number of halogens is 1. The number of ether oxygens (including phenoxy) is 1. The Morgan fingerprint density at radius 1 is 1.22 bits per heavy atom. The van der Waals surface area contributed by atoms with E-state index in [0.29, 0.717) is 0 Å². The summed E-state index contributed by atoms with van der Waals surface area (Å²) >= 11 is 2.43. The highest BCUT2D eigenvalue weighted by molar-refractivity contribution is 14.1. The monoisotopic (exact) mass is 354 g/mol. The van der Waals surface area contributed by atoms with E-state index in [1.165, 1.54) is 0 Å². The van der Waals surface area contributed by atoms with Crippen molar-refractivity contribution in [3.8, 4) is 5.75 Å². The van der Waals surface area contributed by atoms with Crippen LogP contribution in [-0.2, 0) is 0 Å². The van der Waals surface area contributed by atoms with E-state index >= 15 is 0 Å². The van der Waals surface area contributed by atoms with Gasteiger partial charge in [0.25, 0.3) is 0 Å². The molecular weight excluding hydrogens is 337 g/mol. The molecule has 2 rings (SSSR count). The molecular formula is C15H17INO+. The molecule has 1 aromatic rings. The molecule has 2 nitrogen and oxygen atoms in total. The first-order chi connectivity index (χ1) is 8.53. The number of alkyl halides is 1. The van der Waals surface area contributed by atoms with Crippen LogP contribution in [0.15, 0.2) is 48.7 Å². The average molecular weight is 354 g/mol. The fourth-order valence-electron chi connectivity index (χ4n) is 1.89. The maximum Gasteiger partial charge on any atom is 0.215 e. The standard InChI is InChI=1S/C15H17INO/c1-15(16)9-8-13(17(2)11-10-15)12-6-4-5-7-14(12)18-3/h4-11H,1-3H3/q+1. The SMILES string of the molecule is COc1ccccc1C1=[N+](C)C=CC(C)(I)C=C1. The second-order valence-corrected chi connectivity index (χ2v) is 6.82. The largest absolute Gasteiger partial charge is 0.496 e. The average Bonchev–Trinajstić information content (AvgIpc) is 2.49. The van der Waals surface area contributed by atoms with Crippen LogP contribution in [-0.4, -0.2) is 27.9 Å². The van der Waals surface area contributed by atoms with Gasteiger partial charge in [0.2, 0.25) is 5.71 Å². The van der Waals surface area contributed by atoms with Gasteiger partial charge in [-0.25, -0.2) is 4.58 Å². The quantitative estimate of drug-likeness (QED) is 0.451. The molecule has 0 bridgehead atoms. The van der Waals surface area contributed by atoms with E-state index in [1.54, 1.807) is 7.11 Å². The minimum Gasteiger partial charge on any atom is -0.496 e. The van der Waals surface area contributed by atoms with Gasteiger partial charge in [-0.2, -0.15) is 0 Å². The number of benzene rings is 1. The zero-order valence-corrected chi connectivity index (χ0v) is 13.0. The number of rotatable bonds is 2. The lowest BCUT2D eigenvalue weighted by Crippen LogP contribution is -2.12. The summed E-state index contributed by atoms with van der Waals surface area (Å²) in [5.74, 6) is 0.898. The van der Waals surface area contributed by atoms with Crippen LogP contribution in [0.3, 0.4) is 0 Å². The highest BCUT2D eigenvalue weighted by Crippen LogP contribution is 2.25. The maximum atomic E-state index is 5.43. The van der Waals surface area contributed by atoms with Gasteiger partial charge >= 0.3 is 0 Å². The van der Waals surface area contributed by atoms with E-state index < -0.39 is 0 Å². The number of methoxy groups -OCH3 is 1. The first-order valence-corrected chi connectivity index (χ1v) is 6.92. The van der Waals surface area contributed by atoms with Crippen molar-refractivity contribution < 1.29 is 9.31 Å². The lowest BCUT2D eigenvalue weighted by molar-refractivity contribution is -0.420. The zero-order valence-electron chi connectivity index (χ0n) is 10.9. The van der Waals surface area contributed by atoms with Crippen LogP contribution in [0, 0.1) is 0 Å². The van der Waals surface area contributed by atoms with Gasteiger partial charge in [-0.15, -0.1) is 0 Å². The Morgan fingerprint density at radius 3 is 2.67 bits per heavy atom. The fraction of sp³-hybridized carbons (Fsp3) is 0.267. The normalized spacial score (nSPS) is 23.1. The summed E-state index contributed by atoms with van der Waals surface area (Å²) in [7, 11) is 3.76. The predicted molar refractivity (Wildman–Crippen MR) is 84.0 cm³/mol. The summed E-state index contributed by atoms with van der Waals surface area (Å²) in [4.78, 5) is 0. The van der Waals surface area contributed by atoms with E-state index in [1.807, 2.05) is 18.2 Å². The van der Waals surface area contributed by atoms with Crippen LogP contribution in [0.1, 0.15) is 12.5 Å². The van der Waals surface area contributed by atoms with Gasteiger partial charge in [0.05, 0.1) is 16.1 Å². The highest BCUT2D eigenvalue weighted by atomic mass is 127. The van der Waals surface area contributed by atoms with E-state index in [-0.39, 0.29) is 3.42 Å². The summed E-state index contributed by atoms with van der Waals surface area (Å²) in [5.41, 5.74) is 2.25. The Bertz CT molecular complexity index is 541. The lowest BCUT2D eigenvalue weighted by Gasteiger charge is -2.08. The van der Waals surface area contributed by atoms with E-state index in [0.717, 1.165) is 17.0 Å². The van der Waals surface area contributed by atoms with Crippen LogP contribution < -0.4 is 4.74 Å². The van der Waals surface area contributed by atoms with Crippen LogP contribution >= 0.6 is 22.6 Å². The van der Waals surface area contributed by atoms with Gasteiger partial charge in [0, 0.05) is 6.08 Å². The van der Waals surface area contributed by atoms with Crippen molar-refractivity contribution in [2.75, 3.05) is 14.2 Å². The van der Waals surface area contributed by atoms with Gasteiger partial charge < -0.3 is 4.74 Å². The smallest absolute Gasteiger partial charge is 0.215 e. The first-order valence-electron chi connectivity index (χ1n) is 5.84. The van der Waals surface area contributed by atoms with Crippen LogP contribution in [0.4, 0.5) is 0 Å². The van der Waals surface area contributed by atoms with Crippen LogP contribution in [0.25, 0.3) is 0 Å². The van der Waals surface area contributed by atoms with E-state index in [2.05, 4.69) is 71.6 Å². The van der Waals surface area contributed by atoms with Gasteiger partial charge in [-0.1, -0.05) is 40.8 Å². The summed E-state index contributed by atoms with van der Waals surface area (Å²) in [6.45, 7) is 2.18. The predicted octanol–water partition coefficient (Wildman–Crippen LogP) is 3.40. The van der Waals surface area contributed by atoms with Crippen molar-refractivity contribution in [3.63, 3.8) is 0 Å². The molecule has 0 N–H and O–H groups in total. The molecule has 0 aromatic heterocycles. The highest BCUT2D eigenvalue weighted by Gasteiger charge is 2.21. The molecule has 1 aliphatic heterocycles. The van der Waals surface area contributed by atoms with Crippen molar-refractivity contribution in [1.29, 1.82) is 0 Å². The minimum atomic E-state index is 0.0514. The van der Waals surface area contributed by atoms with Gasteiger partial charge in [0.15, 0.2) is 6.20 Å². The van der Waals surface area contributed by atoms with E-state index in [4.69, 9.17) is 4.74 Å². The van der Waals surface area contributed by atoms with Gasteiger partial charge in [-0.3, -0.25) is 0 Å². The third kappa shape index (κ3) is 2.83. The molecule has 0 spiro atoms. The molecule has 1 aromatic carbocycles. The van der Waals surface area contributed by atoms with Crippen molar-refractivity contribution in [2.45, 2.75) is 10.3 Å². The topological polar surface area (TPSA) is 12.2 Å². The third-order valence-electron chi connectivity index (χ3n) is 2.95. The zero-order chi connectivity index (χ0) is 13.2. The Kier molecular flexibility index (Phi) is 3.90. The molecule has 1 atom stereocenters. The summed E-state index contributed by atoms with van der Waals surface area (Å²) < 4.78 is 7.61. The van der Waals surface area contributed by atoms with Crippen molar-refractivity contribution >= 4 is 28.3 Å². The molecule has 3 heteroatoms. The second-order valence-electron chi connectivity index (χ2n) is 4.50. The molecule has 0 saturated heterocycles. The van der Waals surface area contributed by atoms with Gasteiger partial charge in [-0.05, 0) is 25.1 Å². The Hall–Kier alpha value is -1.10. The Morgan fingerprint density at radius 2 is 1.94 bits per heavy atom. The molecule has 1 heterocycles. The van der Waals surface area contributed by atoms with Crippen molar-refractivity contribution in [1.82, 2.24) is 0 Å². The number of hydrogen-bond donors (Lipinski definition) is 0. The van der Waals surface area contributed by atoms with E-state index in [9.17, 15) is 0 Å². The maximum absolute atomic E-state index is 5.43. The molecule has 1 unspecified atom stereocenters. The molecule has 94 valence electrons.